The van der Waals surface area contributed by atoms with Crippen LogP contribution in [0.5, 0.6) is 0 Å². The lowest BCUT2D eigenvalue weighted by molar-refractivity contribution is 1.26. The Morgan fingerprint density at radius 2 is 1.90 bits per heavy atom. The van der Waals surface area contributed by atoms with Crippen molar-refractivity contribution in [2.24, 2.45) is 5.10 Å². The Hall–Kier alpha value is -2.53. The molecule has 4 nitrogen and oxygen atoms in total. The second-order valence-corrected chi connectivity index (χ2v) is 4.89. The molecule has 2 heterocycles. The zero-order valence-electron chi connectivity index (χ0n) is 10.6. The minimum atomic E-state index is 0.760. The molecule has 0 aliphatic carbocycles. The maximum atomic E-state index is 4.48. The van der Waals surface area contributed by atoms with Gasteiger partial charge in [0.25, 0.3) is 0 Å². The molecule has 0 aliphatic rings. The normalized spacial score (nSPS) is 10.8. The van der Waals surface area contributed by atoms with Crippen LogP contribution in [0.3, 0.4) is 0 Å². The standard InChI is InChI=1S/C15H12N4S/c1-2-6-12(7-3-1)14-11-20-15(18-14)19-17-10-13-8-4-5-9-16-13/h1-11H,(H,18,19)/b17-10-. The van der Waals surface area contributed by atoms with Crippen LogP contribution in [0.2, 0.25) is 0 Å². The first-order valence-corrected chi connectivity index (χ1v) is 7.01. The van der Waals surface area contributed by atoms with Crippen molar-refractivity contribution in [3.8, 4) is 11.3 Å². The van der Waals surface area contributed by atoms with Gasteiger partial charge >= 0.3 is 0 Å². The Labute approximate surface area is 120 Å². The molecule has 98 valence electrons. The molecule has 0 spiro atoms. The summed E-state index contributed by atoms with van der Waals surface area (Å²) in [5.74, 6) is 0. The highest BCUT2D eigenvalue weighted by molar-refractivity contribution is 7.14. The van der Waals surface area contributed by atoms with Gasteiger partial charge in [-0.05, 0) is 12.1 Å². The van der Waals surface area contributed by atoms with Crippen molar-refractivity contribution in [3.63, 3.8) is 0 Å². The summed E-state index contributed by atoms with van der Waals surface area (Å²) in [6.07, 6.45) is 3.40. The highest BCUT2D eigenvalue weighted by Crippen LogP contribution is 2.24. The summed E-state index contributed by atoms with van der Waals surface area (Å²) >= 11 is 1.52. The molecule has 0 saturated carbocycles. The van der Waals surface area contributed by atoms with Crippen LogP contribution in [-0.2, 0) is 0 Å². The third-order valence-electron chi connectivity index (χ3n) is 2.62. The number of hydrogen-bond acceptors (Lipinski definition) is 5. The lowest BCUT2D eigenvalue weighted by Gasteiger charge is -1.95. The molecule has 0 amide bonds. The van der Waals surface area contributed by atoms with E-state index in [2.05, 4.69) is 20.5 Å². The molecule has 5 heteroatoms. The number of pyridine rings is 1. The number of nitrogens with one attached hydrogen (secondary N) is 1. The van der Waals surface area contributed by atoms with E-state index in [1.807, 2.05) is 53.9 Å². The van der Waals surface area contributed by atoms with E-state index in [1.54, 1.807) is 12.4 Å². The van der Waals surface area contributed by atoms with E-state index in [0.29, 0.717) is 0 Å². The number of hydrazone groups is 1. The Bertz CT molecular complexity index is 692. The molecule has 0 atom stereocenters. The monoisotopic (exact) mass is 280 g/mol. The molecule has 0 aliphatic heterocycles. The molecule has 1 N–H and O–H groups in total. The van der Waals surface area contributed by atoms with E-state index >= 15 is 0 Å². The lowest BCUT2D eigenvalue weighted by Crippen LogP contribution is -1.91. The highest BCUT2D eigenvalue weighted by Gasteiger charge is 2.02. The first-order valence-electron chi connectivity index (χ1n) is 6.13. The fraction of sp³-hybridized carbons (Fsp3) is 0. The summed E-state index contributed by atoms with van der Waals surface area (Å²) in [7, 11) is 0. The van der Waals surface area contributed by atoms with Crippen LogP contribution in [0.4, 0.5) is 5.13 Å². The molecule has 20 heavy (non-hydrogen) atoms. The van der Waals surface area contributed by atoms with E-state index in [0.717, 1.165) is 22.1 Å². The van der Waals surface area contributed by atoms with Crippen LogP contribution in [0, 0.1) is 0 Å². The zero-order chi connectivity index (χ0) is 13.6. The molecule has 3 rings (SSSR count). The fourth-order valence-corrected chi connectivity index (χ4v) is 2.34. The molecule has 3 aromatic rings. The molecular weight excluding hydrogens is 268 g/mol. The van der Waals surface area contributed by atoms with Crippen LogP contribution in [-0.4, -0.2) is 16.2 Å². The van der Waals surface area contributed by atoms with Crippen LogP contribution in [0.25, 0.3) is 11.3 Å². The number of nitrogens with zero attached hydrogens (tertiary/aromatic N) is 3. The first kappa shape index (κ1) is 12.5. The van der Waals surface area contributed by atoms with E-state index in [1.165, 1.54) is 11.3 Å². The van der Waals surface area contributed by atoms with Crippen LogP contribution >= 0.6 is 11.3 Å². The van der Waals surface area contributed by atoms with Gasteiger partial charge in [0.1, 0.15) is 0 Å². The van der Waals surface area contributed by atoms with Crippen LogP contribution < -0.4 is 5.43 Å². The number of anilines is 1. The van der Waals surface area contributed by atoms with Crippen LogP contribution in [0.15, 0.2) is 65.2 Å². The predicted octanol–water partition coefficient (Wildman–Crippen LogP) is 3.65. The van der Waals surface area contributed by atoms with Gasteiger partial charge in [0.2, 0.25) is 5.13 Å². The quantitative estimate of drug-likeness (QED) is 0.586. The Morgan fingerprint density at radius 1 is 1.05 bits per heavy atom. The molecule has 0 saturated heterocycles. The third kappa shape index (κ3) is 3.07. The summed E-state index contributed by atoms with van der Waals surface area (Å²) < 4.78 is 0. The number of aromatic nitrogens is 2. The van der Waals surface area contributed by atoms with Crippen molar-refractivity contribution >= 4 is 22.7 Å². The Kier molecular flexibility index (Phi) is 3.80. The number of rotatable bonds is 4. The summed E-state index contributed by atoms with van der Waals surface area (Å²) in [6, 6.07) is 15.8. The van der Waals surface area contributed by atoms with E-state index in [-0.39, 0.29) is 0 Å². The Balaban J connectivity index is 1.68. The average Bonchev–Trinajstić information content (AvgIpc) is 2.98. The van der Waals surface area contributed by atoms with Crippen molar-refractivity contribution in [1.82, 2.24) is 9.97 Å². The number of thiazole rings is 1. The molecule has 0 radical (unpaired) electrons. The maximum Gasteiger partial charge on any atom is 0.203 e. The fourth-order valence-electron chi connectivity index (χ4n) is 1.67. The van der Waals surface area contributed by atoms with Crippen molar-refractivity contribution in [2.75, 3.05) is 5.43 Å². The highest BCUT2D eigenvalue weighted by atomic mass is 32.1. The Morgan fingerprint density at radius 3 is 2.70 bits per heavy atom. The maximum absolute atomic E-state index is 4.48. The molecule has 1 aromatic carbocycles. The lowest BCUT2D eigenvalue weighted by atomic mass is 10.2. The second-order valence-electron chi connectivity index (χ2n) is 4.03. The second kappa shape index (κ2) is 6.08. The molecule has 0 unspecified atom stereocenters. The average molecular weight is 280 g/mol. The van der Waals surface area contributed by atoms with Crippen molar-refractivity contribution in [1.29, 1.82) is 0 Å². The zero-order valence-corrected chi connectivity index (χ0v) is 11.4. The van der Waals surface area contributed by atoms with Gasteiger partial charge in [-0.3, -0.25) is 10.4 Å². The van der Waals surface area contributed by atoms with E-state index in [9.17, 15) is 0 Å². The predicted molar refractivity (Wildman–Crippen MR) is 83.0 cm³/mol. The van der Waals surface area contributed by atoms with Crippen LogP contribution in [0.1, 0.15) is 5.69 Å². The van der Waals surface area contributed by atoms with Gasteiger partial charge in [0.15, 0.2) is 0 Å². The summed E-state index contributed by atoms with van der Waals surface area (Å²) in [5.41, 5.74) is 5.78. The smallest absolute Gasteiger partial charge is 0.203 e. The van der Waals surface area contributed by atoms with E-state index < -0.39 is 0 Å². The van der Waals surface area contributed by atoms with Gasteiger partial charge in [-0.1, -0.05) is 36.4 Å². The van der Waals surface area contributed by atoms with Gasteiger partial charge in [-0.2, -0.15) is 5.10 Å². The molecule has 2 aromatic heterocycles. The van der Waals surface area contributed by atoms with Crippen molar-refractivity contribution < 1.29 is 0 Å². The van der Waals surface area contributed by atoms with Crippen molar-refractivity contribution in [2.45, 2.75) is 0 Å². The SMILES string of the molecule is C(=N/Nc1nc(-c2ccccc2)cs1)/c1ccccn1. The van der Waals surface area contributed by atoms with E-state index in [4.69, 9.17) is 0 Å². The summed E-state index contributed by atoms with van der Waals surface area (Å²) in [4.78, 5) is 8.64. The topological polar surface area (TPSA) is 50.2 Å². The molecule has 0 bridgehead atoms. The van der Waals surface area contributed by atoms with Gasteiger partial charge in [-0.25, -0.2) is 4.98 Å². The summed E-state index contributed by atoms with van der Waals surface area (Å²) in [6.45, 7) is 0. The number of hydrogen-bond donors (Lipinski definition) is 1. The minimum absolute atomic E-state index is 0.760. The van der Waals surface area contributed by atoms with Gasteiger partial charge in [0, 0.05) is 17.1 Å². The van der Waals surface area contributed by atoms with Gasteiger partial charge in [0.05, 0.1) is 17.6 Å². The van der Waals surface area contributed by atoms with Gasteiger partial charge in [-0.15, -0.1) is 11.3 Å². The first-order chi connectivity index (χ1) is 9.92. The molecule has 0 fully saturated rings. The third-order valence-corrected chi connectivity index (χ3v) is 3.37. The minimum Gasteiger partial charge on any atom is -0.255 e. The van der Waals surface area contributed by atoms with Crippen molar-refractivity contribution in [3.05, 3.63) is 65.8 Å². The molecular formula is C15H12N4S. The number of benzene rings is 1. The van der Waals surface area contributed by atoms with Gasteiger partial charge < -0.3 is 0 Å². The summed E-state index contributed by atoms with van der Waals surface area (Å²) in [5, 5.41) is 6.90. The largest absolute Gasteiger partial charge is 0.255 e.